The number of aromatic nitrogens is 2. The van der Waals surface area contributed by atoms with E-state index in [1.807, 2.05) is 30.5 Å². The van der Waals surface area contributed by atoms with E-state index in [4.69, 9.17) is 14.0 Å². The maximum absolute atomic E-state index is 12.4. The van der Waals surface area contributed by atoms with E-state index in [2.05, 4.69) is 15.5 Å². The molecule has 0 aliphatic rings. The van der Waals surface area contributed by atoms with E-state index < -0.39 is 0 Å². The van der Waals surface area contributed by atoms with E-state index in [-0.39, 0.29) is 12.5 Å². The number of nitrogens with one attached hydrogen (secondary N) is 1. The Balaban J connectivity index is 1.70. The highest BCUT2D eigenvalue weighted by molar-refractivity contribution is 7.98. The number of thioether (sulfide) groups is 1. The summed E-state index contributed by atoms with van der Waals surface area (Å²) < 4.78 is 15.7. The molecule has 0 spiro atoms. The summed E-state index contributed by atoms with van der Waals surface area (Å²) in [6.07, 6.45) is 1.93. The molecule has 0 aliphatic heterocycles. The van der Waals surface area contributed by atoms with Gasteiger partial charge < -0.3 is 19.3 Å². The van der Waals surface area contributed by atoms with Gasteiger partial charge in [0.05, 0.1) is 26.3 Å². The zero-order valence-corrected chi connectivity index (χ0v) is 16.0. The van der Waals surface area contributed by atoms with Crippen molar-refractivity contribution in [1.82, 2.24) is 15.5 Å². The summed E-state index contributed by atoms with van der Waals surface area (Å²) in [5, 5.41) is 6.77. The number of carbonyl (C=O) groups is 1. The lowest BCUT2D eigenvalue weighted by molar-refractivity contribution is 0.0943. The smallest absolute Gasteiger partial charge is 0.252 e. The van der Waals surface area contributed by atoms with Crippen LogP contribution in [0.25, 0.3) is 11.4 Å². The third-order valence-corrected chi connectivity index (χ3v) is 4.66. The van der Waals surface area contributed by atoms with Gasteiger partial charge in [0.15, 0.2) is 11.5 Å². The van der Waals surface area contributed by atoms with Crippen LogP contribution in [-0.2, 0) is 6.54 Å². The van der Waals surface area contributed by atoms with Gasteiger partial charge in [0, 0.05) is 10.5 Å². The third-order valence-electron chi connectivity index (χ3n) is 3.86. The number of ether oxygens (including phenoxy) is 2. The molecule has 2 aromatic carbocycles. The monoisotopic (exact) mass is 385 g/mol. The van der Waals surface area contributed by atoms with Crippen molar-refractivity contribution in [2.75, 3.05) is 20.5 Å². The van der Waals surface area contributed by atoms with Crippen molar-refractivity contribution in [3.63, 3.8) is 0 Å². The summed E-state index contributed by atoms with van der Waals surface area (Å²) in [4.78, 5) is 17.6. The summed E-state index contributed by atoms with van der Waals surface area (Å²) in [6, 6.07) is 12.8. The number of benzene rings is 2. The molecule has 0 atom stereocenters. The number of rotatable bonds is 7. The van der Waals surface area contributed by atoms with Crippen LogP contribution < -0.4 is 14.8 Å². The predicted molar refractivity (Wildman–Crippen MR) is 102 cm³/mol. The second-order valence-corrected chi connectivity index (χ2v) is 6.31. The lowest BCUT2D eigenvalue weighted by Crippen LogP contribution is -2.23. The number of carbonyl (C=O) groups excluding carboxylic acids is 1. The normalized spacial score (nSPS) is 10.5. The first-order valence-electron chi connectivity index (χ1n) is 8.12. The first-order chi connectivity index (χ1) is 13.2. The van der Waals surface area contributed by atoms with Gasteiger partial charge in [-0.3, -0.25) is 4.79 Å². The zero-order valence-electron chi connectivity index (χ0n) is 15.2. The Morgan fingerprint density at radius 1 is 1.15 bits per heavy atom. The number of hydrogen-bond donors (Lipinski definition) is 1. The lowest BCUT2D eigenvalue weighted by Gasteiger charge is -2.07. The molecule has 1 N–H and O–H groups in total. The van der Waals surface area contributed by atoms with Gasteiger partial charge in [0.2, 0.25) is 11.7 Å². The fraction of sp³-hybridized carbons (Fsp3) is 0.211. The van der Waals surface area contributed by atoms with E-state index in [9.17, 15) is 4.79 Å². The maximum atomic E-state index is 12.4. The van der Waals surface area contributed by atoms with Crippen molar-refractivity contribution in [2.24, 2.45) is 0 Å². The average Bonchev–Trinajstić information content (AvgIpc) is 3.20. The van der Waals surface area contributed by atoms with Crippen LogP contribution in [0, 0.1) is 0 Å². The van der Waals surface area contributed by atoms with Crippen molar-refractivity contribution >= 4 is 17.7 Å². The molecule has 8 heteroatoms. The number of amides is 1. The molecule has 0 radical (unpaired) electrons. The Hall–Kier alpha value is -3.00. The Morgan fingerprint density at radius 2 is 1.93 bits per heavy atom. The molecule has 1 aromatic heterocycles. The highest BCUT2D eigenvalue weighted by Gasteiger charge is 2.14. The van der Waals surface area contributed by atoms with Crippen LogP contribution >= 0.6 is 11.8 Å². The molecule has 3 rings (SSSR count). The number of nitrogens with zero attached hydrogens (tertiary/aromatic N) is 2. The quantitative estimate of drug-likeness (QED) is 0.624. The molecule has 140 valence electrons. The Kier molecular flexibility index (Phi) is 5.97. The van der Waals surface area contributed by atoms with Crippen LogP contribution in [-0.4, -0.2) is 36.5 Å². The fourth-order valence-corrected chi connectivity index (χ4v) is 3.10. The van der Waals surface area contributed by atoms with E-state index in [0.717, 1.165) is 10.5 Å². The molecule has 1 amide bonds. The predicted octanol–water partition coefficient (Wildman–Crippen LogP) is 3.41. The molecule has 27 heavy (non-hydrogen) atoms. The number of methoxy groups -OCH3 is 2. The minimum Gasteiger partial charge on any atom is -0.493 e. The minimum absolute atomic E-state index is 0.141. The Labute approximate surface area is 161 Å². The summed E-state index contributed by atoms with van der Waals surface area (Å²) in [5.74, 6) is 1.72. The molecule has 0 saturated heterocycles. The van der Waals surface area contributed by atoms with Gasteiger partial charge in [0.25, 0.3) is 5.91 Å². The maximum Gasteiger partial charge on any atom is 0.252 e. The highest BCUT2D eigenvalue weighted by Crippen LogP contribution is 2.31. The van der Waals surface area contributed by atoms with Crippen LogP contribution in [0.1, 0.15) is 16.2 Å². The topological polar surface area (TPSA) is 86.5 Å². The third kappa shape index (κ3) is 4.22. The van der Waals surface area contributed by atoms with E-state index in [1.54, 1.807) is 32.4 Å². The molecule has 7 nitrogen and oxygen atoms in total. The molecule has 0 aliphatic carbocycles. The average molecular weight is 385 g/mol. The first kappa shape index (κ1) is 18.8. The summed E-state index contributed by atoms with van der Waals surface area (Å²) in [6.45, 7) is 0.141. The van der Waals surface area contributed by atoms with E-state index >= 15 is 0 Å². The van der Waals surface area contributed by atoms with Gasteiger partial charge in [-0.25, -0.2) is 0 Å². The van der Waals surface area contributed by atoms with Crippen LogP contribution in [0.4, 0.5) is 0 Å². The van der Waals surface area contributed by atoms with Gasteiger partial charge in [-0.1, -0.05) is 17.3 Å². The van der Waals surface area contributed by atoms with Crippen LogP contribution in [0.5, 0.6) is 11.5 Å². The highest BCUT2D eigenvalue weighted by atomic mass is 32.2. The molecule has 0 unspecified atom stereocenters. The Morgan fingerprint density at radius 3 is 2.67 bits per heavy atom. The van der Waals surface area contributed by atoms with Gasteiger partial charge in [-0.15, -0.1) is 11.8 Å². The fourth-order valence-electron chi connectivity index (χ4n) is 2.50. The molecule has 0 fully saturated rings. The summed E-state index contributed by atoms with van der Waals surface area (Å²) >= 11 is 1.52. The van der Waals surface area contributed by atoms with Crippen molar-refractivity contribution in [2.45, 2.75) is 11.4 Å². The lowest BCUT2D eigenvalue weighted by atomic mass is 10.2. The van der Waals surface area contributed by atoms with Gasteiger partial charge in [-0.05, 0) is 36.6 Å². The SMILES string of the molecule is COc1ccc(-c2noc(CNC(=O)c3ccccc3SC)n2)cc1OC. The molecule has 0 saturated carbocycles. The van der Waals surface area contributed by atoms with Gasteiger partial charge >= 0.3 is 0 Å². The van der Waals surface area contributed by atoms with E-state index in [1.165, 1.54) is 11.8 Å². The molecular formula is C19H19N3O4S. The van der Waals surface area contributed by atoms with Crippen molar-refractivity contribution in [3.05, 3.63) is 53.9 Å². The first-order valence-corrected chi connectivity index (χ1v) is 9.35. The van der Waals surface area contributed by atoms with Crippen molar-refractivity contribution in [3.8, 4) is 22.9 Å². The summed E-state index contributed by atoms with van der Waals surface area (Å²) in [5.41, 5.74) is 1.34. The largest absolute Gasteiger partial charge is 0.493 e. The summed E-state index contributed by atoms with van der Waals surface area (Å²) in [7, 11) is 3.13. The molecule has 0 bridgehead atoms. The van der Waals surface area contributed by atoms with Crippen molar-refractivity contribution < 1.29 is 18.8 Å². The van der Waals surface area contributed by atoms with E-state index in [0.29, 0.717) is 28.8 Å². The second-order valence-electron chi connectivity index (χ2n) is 5.46. The molecule has 1 heterocycles. The molecular weight excluding hydrogens is 366 g/mol. The van der Waals surface area contributed by atoms with Gasteiger partial charge in [-0.2, -0.15) is 4.98 Å². The van der Waals surface area contributed by atoms with Crippen LogP contribution in [0.15, 0.2) is 51.9 Å². The van der Waals surface area contributed by atoms with Gasteiger partial charge in [0.1, 0.15) is 0 Å². The second kappa shape index (κ2) is 8.59. The number of hydrogen-bond acceptors (Lipinski definition) is 7. The zero-order chi connectivity index (χ0) is 19.2. The minimum atomic E-state index is -0.189. The Bertz CT molecular complexity index is 942. The molecule has 3 aromatic rings. The standard InChI is InChI=1S/C19H19N3O4S/c1-24-14-9-8-12(10-15(14)25-2)18-21-17(26-22-18)11-20-19(23)13-6-4-5-7-16(13)27-3/h4-10H,11H2,1-3H3,(H,20,23). The van der Waals surface area contributed by atoms with Crippen molar-refractivity contribution in [1.29, 1.82) is 0 Å². The van der Waals surface area contributed by atoms with Crippen LogP contribution in [0.3, 0.4) is 0 Å². The van der Waals surface area contributed by atoms with Crippen LogP contribution in [0.2, 0.25) is 0 Å².